The van der Waals surface area contributed by atoms with Crippen LogP contribution < -0.4 is 0 Å². The molecule has 1 aliphatic rings. The van der Waals surface area contributed by atoms with E-state index in [0.29, 0.717) is 18.5 Å². The van der Waals surface area contributed by atoms with Crippen LogP contribution in [-0.2, 0) is 6.18 Å². The van der Waals surface area contributed by atoms with Gasteiger partial charge in [0.05, 0.1) is 0 Å². The number of aromatic nitrogens is 2. The molecule has 0 aliphatic carbocycles. The van der Waals surface area contributed by atoms with E-state index in [0.717, 1.165) is 5.56 Å². The van der Waals surface area contributed by atoms with Gasteiger partial charge in [0.2, 0.25) is 0 Å². The Hall–Kier alpha value is -2.38. The van der Waals surface area contributed by atoms with Gasteiger partial charge in [0.25, 0.3) is 5.91 Å². The minimum atomic E-state index is -4.65. The molecule has 1 aromatic heterocycles. The lowest BCUT2D eigenvalue weighted by Crippen LogP contribution is -2.28. The number of halogens is 3. The van der Waals surface area contributed by atoms with Gasteiger partial charge in [-0.05, 0) is 25.5 Å². The second-order valence-corrected chi connectivity index (χ2v) is 5.56. The third-order valence-electron chi connectivity index (χ3n) is 3.82. The van der Waals surface area contributed by atoms with Gasteiger partial charge >= 0.3 is 12.1 Å². The van der Waals surface area contributed by atoms with Gasteiger partial charge in [0.15, 0.2) is 5.82 Å². The Labute approximate surface area is 130 Å². The molecule has 2 heterocycles. The van der Waals surface area contributed by atoms with Crippen LogP contribution in [0.25, 0.3) is 0 Å². The summed E-state index contributed by atoms with van der Waals surface area (Å²) in [6.07, 6.45) is -4.14. The number of aryl methyl sites for hydroxylation is 1. The zero-order chi connectivity index (χ0) is 16.6. The zero-order valence-electron chi connectivity index (χ0n) is 12.3. The maximum absolute atomic E-state index is 12.5. The number of likely N-dealkylation sites (tertiary alicyclic amines) is 1. The summed E-state index contributed by atoms with van der Waals surface area (Å²) in [4.78, 5) is 17.4. The van der Waals surface area contributed by atoms with Crippen LogP contribution in [0, 0.1) is 6.92 Å². The van der Waals surface area contributed by atoms with Crippen molar-refractivity contribution in [1.29, 1.82) is 0 Å². The molecule has 8 heteroatoms. The minimum absolute atomic E-state index is 0.00321. The van der Waals surface area contributed by atoms with E-state index >= 15 is 0 Å². The monoisotopic (exact) mass is 325 g/mol. The largest absolute Gasteiger partial charge is 0.471 e. The topological polar surface area (TPSA) is 59.2 Å². The van der Waals surface area contributed by atoms with Gasteiger partial charge < -0.3 is 9.42 Å². The van der Waals surface area contributed by atoms with Gasteiger partial charge in [-0.2, -0.15) is 18.2 Å². The number of carbonyl (C=O) groups excluding carboxylic acids is 1. The molecule has 1 unspecified atom stereocenters. The summed E-state index contributed by atoms with van der Waals surface area (Å²) in [5.41, 5.74) is 1.60. The van der Waals surface area contributed by atoms with Gasteiger partial charge in [-0.1, -0.05) is 22.9 Å². The Morgan fingerprint density at radius 2 is 2.00 bits per heavy atom. The standard InChI is InChI=1S/C15H14F3N3O2/c1-9-2-4-10(5-3-9)13(22)21-7-6-11(8-21)12-19-14(23-20-12)15(16,17)18/h2-5,11H,6-8H2,1H3. The third kappa shape index (κ3) is 3.20. The molecule has 0 radical (unpaired) electrons. The van der Waals surface area contributed by atoms with Crippen LogP contribution in [0.4, 0.5) is 13.2 Å². The van der Waals surface area contributed by atoms with Crippen LogP contribution >= 0.6 is 0 Å². The van der Waals surface area contributed by atoms with Gasteiger partial charge in [-0.3, -0.25) is 4.79 Å². The van der Waals surface area contributed by atoms with E-state index in [-0.39, 0.29) is 24.2 Å². The molecule has 1 amide bonds. The fourth-order valence-corrected chi connectivity index (χ4v) is 2.55. The molecule has 0 saturated carbocycles. The van der Waals surface area contributed by atoms with Gasteiger partial charge in [-0.15, -0.1) is 0 Å². The normalized spacial score (nSPS) is 18.4. The Morgan fingerprint density at radius 1 is 1.30 bits per heavy atom. The maximum Gasteiger partial charge on any atom is 0.471 e. The van der Waals surface area contributed by atoms with E-state index in [1.165, 1.54) is 0 Å². The van der Waals surface area contributed by atoms with Crippen molar-refractivity contribution in [3.63, 3.8) is 0 Å². The van der Waals surface area contributed by atoms with Crippen molar-refractivity contribution >= 4 is 5.91 Å². The second-order valence-electron chi connectivity index (χ2n) is 5.56. The first-order valence-electron chi connectivity index (χ1n) is 7.11. The summed E-state index contributed by atoms with van der Waals surface area (Å²) in [7, 11) is 0. The van der Waals surface area contributed by atoms with Crippen LogP contribution in [0.1, 0.15) is 40.0 Å². The van der Waals surface area contributed by atoms with Crippen LogP contribution in [0.15, 0.2) is 28.8 Å². The van der Waals surface area contributed by atoms with Crippen molar-refractivity contribution in [2.75, 3.05) is 13.1 Å². The second kappa shape index (κ2) is 5.68. The number of carbonyl (C=O) groups is 1. The summed E-state index contributed by atoms with van der Waals surface area (Å²) in [5.74, 6) is -1.84. The Balaban J connectivity index is 1.69. The average Bonchev–Trinajstić information content (AvgIpc) is 3.16. The quantitative estimate of drug-likeness (QED) is 0.851. The third-order valence-corrected chi connectivity index (χ3v) is 3.82. The van der Waals surface area contributed by atoms with Gasteiger partial charge in [-0.25, -0.2) is 0 Å². The fraction of sp³-hybridized carbons (Fsp3) is 0.400. The number of benzene rings is 1. The molecule has 1 aliphatic heterocycles. The lowest BCUT2D eigenvalue weighted by atomic mass is 10.1. The summed E-state index contributed by atoms with van der Waals surface area (Å²) in [6, 6.07) is 7.16. The molecule has 1 atom stereocenters. The molecule has 23 heavy (non-hydrogen) atoms. The van der Waals surface area contributed by atoms with E-state index in [2.05, 4.69) is 14.7 Å². The highest BCUT2D eigenvalue weighted by Gasteiger charge is 2.40. The fourth-order valence-electron chi connectivity index (χ4n) is 2.55. The van der Waals surface area contributed by atoms with E-state index in [1.54, 1.807) is 17.0 Å². The van der Waals surface area contributed by atoms with Crippen LogP contribution in [-0.4, -0.2) is 34.0 Å². The smallest absolute Gasteiger partial charge is 0.338 e. The van der Waals surface area contributed by atoms with E-state index in [1.807, 2.05) is 19.1 Å². The summed E-state index contributed by atoms with van der Waals surface area (Å²) in [5, 5.41) is 3.40. The predicted octanol–water partition coefficient (Wildman–Crippen LogP) is 3.03. The Kier molecular flexibility index (Phi) is 3.83. The van der Waals surface area contributed by atoms with Crippen molar-refractivity contribution in [3.05, 3.63) is 47.1 Å². The minimum Gasteiger partial charge on any atom is -0.338 e. The molecule has 1 saturated heterocycles. The molecule has 5 nitrogen and oxygen atoms in total. The Morgan fingerprint density at radius 3 is 2.61 bits per heavy atom. The van der Waals surface area contributed by atoms with Crippen molar-refractivity contribution in [1.82, 2.24) is 15.0 Å². The SMILES string of the molecule is Cc1ccc(C(=O)N2CCC(c3noc(C(F)(F)F)n3)C2)cc1. The molecule has 122 valence electrons. The number of rotatable bonds is 2. The van der Waals surface area contributed by atoms with Crippen molar-refractivity contribution in [2.24, 2.45) is 0 Å². The first-order chi connectivity index (χ1) is 10.8. The Bertz CT molecular complexity index is 710. The predicted molar refractivity (Wildman–Crippen MR) is 73.7 cm³/mol. The van der Waals surface area contributed by atoms with Gasteiger partial charge in [0.1, 0.15) is 0 Å². The highest BCUT2D eigenvalue weighted by molar-refractivity contribution is 5.94. The highest BCUT2D eigenvalue weighted by atomic mass is 19.4. The summed E-state index contributed by atoms with van der Waals surface area (Å²) >= 11 is 0. The number of hydrogen-bond acceptors (Lipinski definition) is 4. The first kappa shape index (κ1) is 15.5. The van der Waals surface area contributed by atoms with E-state index in [4.69, 9.17) is 0 Å². The molecule has 2 aromatic rings. The molecule has 3 rings (SSSR count). The van der Waals surface area contributed by atoms with E-state index in [9.17, 15) is 18.0 Å². The number of hydrogen-bond donors (Lipinski definition) is 0. The first-order valence-corrected chi connectivity index (χ1v) is 7.11. The molecule has 0 N–H and O–H groups in total. The number of alkyl halides is 3. The lowest BCUT2D eigenvalue weighted by molar-refractivity contribution is -0.159. The highest BCUT2D eigenvalue weighted by Crippen LogP contribution is 2.31. The van der Waals surface area contributed by atoms with Crippen molar-refractivity contribution in [2.45, 2.75) is 25.4 Å². The van der Waals surface area contributed by atoms with Crippen LogP contribution in [0.5, 0.6) is 0 Å². The molecule has 1 fully saturated rings. The number of amides is 1. The van der Waals surface area contributed by atoms with Crippen LogP contribution in [0.2, 0.25) is 0 Å². The van der Waals surface area contributed by atoms with Crippen molar-refractivity contribution in [3.8, 4) is 0 Å². The van der Waals surface area contributed by atoms with Crippen LogP contribution in [0.3, 0.4) is 0 Å². The van der Waals surface area contributed by atoms with Crippen molar-refractivity contribution < 1.29 is 22.5 Å². The summed E-state index contributed by atoms with van der Waals surface area (Å²) < 4.78 is 41.7. The van der Waals surface area contributed by atoms with E-state index < -0.39 is 12.1 Å². The zero-order valence-corrected chi connectivity index (χ0v) is 12.3. The molecular formula is C15H14F3N3O2. The summed E-state index contributed by atoms with van der Waals surface area (Å²) in [6.45, 7) is 2.66. The van der Waals surface area contributed by atoms with Gasteiger partial charge in [0, 0.05) is 24.6 Å². The maximum atomic E-state index is 12.5. The molecule has 0 bridgehead atoms. The molecular weight excluding hydrogens is 311 g/mol. The molecule has 1 aromatic carbocycles. The lowest BCUT2D eigenvalue weighted by Gasteiger charge is -2.16. The average molecular weight is 325 g/mol. The number of nitrogens with zero attached hydrogens (tertiary/aromatic N) is 3. The molecule has 0 spiro atoms.